The molecule has 3 rings (SSSR count). The standard InChI is InChI=1S/C16H12OS/c17-15(16-6-3-9-18-16)11-12-7-8-13-4-1-2-5-14(13)10-12/h1-10H,11H2. The van der Waals surface area contributed by atoms with Crippen molar-refractivity contribution in [2.45, 2.75) is 6.42 Å². The van der Waals surface area contributed by atoms with E-state index in [2.05, 4.69) is 24.3 Å². The summed E-state index contributed by atoms with van der Waals surface area (Å²) in [5, 5.41) is 4.34. The zero-order valence-corrected chi connectivity index (χ0v) is 10.6. The molecule has 0 radical (unpaired) electrons. The van der Waals surface area contributed by atoms with Crippen molar-refractivity contribution in [1.29, 1.82) is 0 Å². The van der Waals surface area contributed by atoms with E-state index in [-0.39, 0.29) is 5.78 Å². The molecule has 1 nitrogen and oxygen atoms in total. The van der Waals surface area contributed by atoms with Crippen molar-refractivity contribution < 1.29 is 4.79 Å². The van der Waals surface area contributed by atoms with Crippen molar-refractivity contribution in [3.8, 4) is 0 Å². The first-order chi connectivity index (χ1) is 8.83. The molecule has 0 saturated heterocycles. The van der Waals surface area contributed by atoms with Crippen LogP contribution >= 0.6 is 11.3 Å². The molecule has 18 heavy (non-hydrogen) atoms. The summed E-state index contributed by atoms with van der Waals surface area (Å²) in [6.45, 7) is 0. The fourth-order valence-corrected chi connectivity index (χ4v) is 2.72. The normalized spacial score (nSPS) is 10.7. The van der Waals surface area contributed by atoms with Gasteiger partial charge in [-0.2, -0.15) is 0 Å². The monoisotopic (exact) mass is 252 g/mol. The van der Waals surface area contributed by atoms with Crippen LogP contribution in [-0.4, -0.2) is 5.78 Å². The smallest absolute Gasteiger partial charge is 0.177 e. The van der Waals surface area contributed by atoms with E-state index in [0.29, 0.717) is 6.42 Å². The van der Waals surface area contributed by atoms with Gasteiger partial charge in [-0.1, -0.05) is 48.5 Å². The van der Waals surface area contributed by atoms with E-state index in [0.717, 1.165) is 10.4 Å². The Morgan fingerprint density at radius 1 is 0.944 bits per heavy atom. The Hall–Kier alpha value is -1.93. The van der Waals surface area contributed by atoms with E-state index in [1.54, 1.807) is 0 Å². The number of thiophene rings is 1. The van der Waals surface area contributed by atoms with Gasteiger partial charge in [0.05, 0.1) is 4.88 Å². The SMILES string of the molecule is O=C(Cc1ccc2ccccc2c1)c1cccs1. The third kappa shape index (κ3) is 2.20. The van der Waals surface area contributed by atoms with Crippen LogP contribution in [0.2, 0.25) is 0 Å². The molecule has 0 atom stereocenters. The Bertz CT molecular complexity index is 683. The number of ketones is 1. The van der Waals surface area contributed by atoms with Gasteiger partial charge in [-0.25, -0.2) is 0 Å². The lowest BCUT2D eigenvalue weighted by molar-refractivity contribution is 0.0997. The van der Waals surface area contributed by atoms with Gasteiger partial charge >= 0.3 is 0 Å². The van der Waals surface area contributed by atoms with Crippen molar-refractivity contribution in [1.82, 2.24) is 0 Å². The number of Topliss-reactive ketones (excluding diaryl/α,β-unsaturated/α-hetero) is 1. The van der Waals surface area contributed by atoms with Crippen molar-refractivity contribution in [3.05, 3.63) is 70.4 Å². The first-order valence-electron chi connectivity index (χ1n) is 5.87. The van der Waals surface area contributed by atoms with E-state index < -0.39 is 0 Å². The van der Waals surface area contributed by atoms with E-state index in [4.69, 9.17) is 0 Å². The summed E-state index contributed by atoms with van der Waals surface area (Å²) in [5.74, 6) is 0.195. The van der Waals surface area contributed by atoms with Crippen LogP contribution in [0.15, 0.2) is 60.0 Å². The molecule has 0 saturated carbocycles. The molecule has 0 fully saturated rings. The predicted octanol–water partition coefficient (Wildman–Crippen LogP) is 4.33. The Morgan fingerprint density at radius 3 is 2.56 bits per heavy atom. The molecule has 0 unspecified atom stereocenters. The average Bonchev–Trinajstić information content (AvgIpc) is 2.92. The van der Waals surface area contributed by atoms with Crippen molar-refractivity contribution in [2.24, 2.45) is 0 Å². The van der Waals surface area contributed by atoms with E-state index in [9.17, 15) is 4.79 Å². The van der Waals surface area contributed by atoms with Gasteiger partial charge in [0, 0.05) is 6.42 Å². The maximum atomic E-state index is 12.0. The minimum Gasteiger partial charge on any atom is -0.293 e. The van der Waals surface area contributed by atoms with Gasteiger partial charge in [0.15, 0.2) is 5.78 Å². The number of rotatable bonds is 3. The second-order valence-electron chi connectivity index (χ2n) is 4.26. The summed E-state index contributed by atoms with van der Waals surface area (Å²) in [6, 6.07) is 18.2. The molecule has 0 aliphatic rings. The summed E-state index contributed by atoms with van der Waals surface area (Å²) in [7, 11) is 0. The number of benzene rings is 2. The molecule has 1 aromatic heterocycles. The lowest BCUT2D eigenvalue weighted by Gasteiger charge is -2.02. The van der Waals surface area contributed by atoms with Crippen LogP contribution in [0.4, 0.5) is 0 Å². The summed E-state index contributed by atoms with van der Waals surface area (Å²) in [6.07, 6.45) is 0.478. The molecule has 0 aliphatic carbocycles. The summed E-state index contributed by atoms with van der Waals surface area (Å²) in [4.78, 5) is 12.9. The molecule has 0 aliphatic heterocycles. The Labute approximate surface area is 110 Å². The molecule has 2 heteroatoms. The molecule has 0 N–H and O–H groups in total. The van der Waals surface area contributed by atoms with Crippen LogP contribution in [0.25, 0.3) is 10.8 Å². The third-order valence-corrected chi connectivity index (χ3v) is 3.89. The van der Waals surface area contributed by atoms with E-state index in [1.807, 2.05) is 35.7 Å². The second kappa shape index (κ2) is 4.75. The average molecular weight is 252 g/mol. The third-order valence-electron chi connectivity index (χ3n) is 2.97. The lowest BCUT2D eigenvalue weighted by atomic mass is 10.0. The fourth-order valence-electron chi connectivity index (χ4n) is 2.06. The number of carbonyl (C=O) groups is 1. The zero-order chi connectivity index (χ0) is 12.4. The summed E-state index contributed by atoms with van der Waals surface area (Å²) < 4.78 is 0. The highest BCUT2D eigenvalue weighted by molar-refractivity contribution is 7.12. The van der Waals surface area contributed by atoms with Crippen LogP contribution in [0, 0.1) is 0 Å². The molecule has 2 aromatic carbocycles. The number of fused-ring (bicyclic) bond motifs is 1. The Balaban J connectivity index is 1.89. The van der Waals surface area contributed by atoms with Gasteiger partial charge in [0.1, 0.15) is 0 Å². The Kier molecular flexibility index (Phi) is 2.95. The van der Waals surface area contributed by atoms with Gasteiger partial charge in [0.25, 0.3) is 0 Å². The number of carbonyl (C=O) groups excluding carboxylic acids is 1. The topological polar surface area (TPSA) is 17.1 Å². The maximum Gasteiger partial charge on any atom is 0.177 e. The first kappa shape index (κ1) is 11.2. The predicted molar refractivity (Wildman–Crippen MR) is 76.3 cm³/mol. The largest absolute Gasteiger partial charge is 0.293 e. The van der Waals surface area contributed by atoms with Crippen LogP contribution < -0.4 is 0 Å². The quantitative estimate of drug-likeness (QED) is 0.634. The maximum absolute atomic E-state index is 12.0. The second-order valence-corrected chi connectivity index (χ2v) is 5.21. The van der Waals surface area contributed by atoms with Crippen LogP contribution in [0.5, 0.6) is 0 Å². The Morgan fingerprint density at radius 2 is 1.78 bits per heavy atom. The number of hydrogen-bond acceptors (Lipinski definition) is 2. The fraction of sp³-hybridized carbons (Fsp3) is 0.0625. The van der Waals surface area contributed by atoms with Crippen LogP contribution in [0.3, 0.4) is 0 Å². The van der Waals surface area contributed by atoms with Crippen LogP contribution in [0.1, 0.15) is 15.2 Å². The highest BCUT2D eigenvalue weighted by Gasteiger charge is 2.08. The van der Waals surface area contributed by atoms with Gasteiger partial charge in [-0.05, 0) is 27.8 Å². The zero-order valence-electron chi connectivity index (χ0n) is 9.80. The minimum atomic E-state index is 0.195. The molecule has 88 valence electrons. The van der Waals surface area contributed by atoms with Crippen molar-refractivity contribution >= 4 is 27.9 Å². The molecule has 0 amide bonds. The van der Waals surface area contributed by atoms with E-state index >= 15 is 0 Å². The molecular weight excluding hydrogens is 240 g/mol. The van der Waals surface area contributed by atoms with Gasteiger partial charge in [-0.15, -0.1) is 11.3 Å². The number of hydrogen-bond donors (Lipinski definition) is 0. The summed E-state index contributed by atoms with van der Waals surface area (Å²) >= 11 is 1.50. The first-order valence-corrected chi connectivity index (χ1v) is 6.75. The highest BCUT2D eigenvalue weighted by atomic mass is 32.1. The van der Waals surface area contributed by atoms with Gasteiger partial charge < -0.3 is 0 Å². The molecule has 1 heterocycles. The van der Waals surface area contributed by atoms with Gasteiger partial charge in [-0.3, -0.25) is 4.79 Å². The molecule has 0 bridgehead atoms. The van der Waals surface area contributed by atoms with E-state index in [1.165, 1.54) is 22.1 Å². The lowest BCUT2D eigenvalue weighted by Crippen LogP contribution is -2.00. The molecular formula is C16H12OS. The summed E-state index contributed by atoms with van der Waals surface area (Å²) in [5.41, 5.74) is 1.08. The molecule has 3 aromatic rings. The molecule has 0 spiro atoms. The van der Waals surface area contributed by atoms with Gasteiger partial charge in [0.2, 0.25) is 0 Å². The van der Waals surface area contributed by atoms with Crippen molar-refractivity contribution in [3.63, 3.8) is 0 Å². The minimum absolute atomic E-state index is 0.195. The highest BCUT2D eigenvalue weighted by Crippen LogP contribution is 2.18. The van der Waals surface area contributed by atoms with Crippen LogP contribution in [-0.2, 0) is 6.42 Å². The van der Waals surface area contributed by atoms with Crippen molar-refractivity contribution in [2.75, 3.05) is 0 Å².